The molecule has 0 bridgehead atoms. The predicted octanol–water partition coefficient (Wildman–Crippen LogP) is 3.80. The summed E-state index contributed by atoms with van der Waals surface area (Å²) in [5.41, 5.74) is 1.54. The zero-order valence-electron chi connectivity index (χ0n) is 18.2. The molecular weight excluding hydrogens is 374 g/mol. The Bertz CT molecular complexity index is 884. The van der Waals surface area contributed by atoms with Gasteiger partial charge >= 0.3 is 0 Å². The standard InChI is InChI=1S/C25H33N3O2/c1-24(17-27(2)18-24)25(29,19-8-10-23(11-9-19)30-22-6-5-7-22)20-14-21(16-26-15-20)28-12-3-4-13-28/h8-11,14-16,22,29H,3-7,12-13,17-18H2,1-2H3. The predicted molar refractivity (Wildman–Crippen MR) is 119 cm³/mol. The van der Waals surface area contributed by atoms with E-state index in [2.05, 4.69) is 34.8 Å². The Morgan fingerprint density at radius 3 is 2.33 bits per heavy atom. The van der Waals surface area contributed by atoms with Crippen LogP contribution in [0.1, 0.15) is 50.2 Å². The van der Waals surface area contributed by atoms with Crippen LogP contribution in [0.25, 0.3) is 0 Å². The van der Waals surface area contributed by atoms with Crippen molar-refractivity contribution in [1.29, 1.82) is 0 Å². The smallest absolute Gasteiger partial charge is 0.124 e. The van der Waals surface area contributed by atoms with Crippen LogP contribution in [0.15, 0.2) is 42.7 Å². The van der Waals surface area contributed by atoms with Gasteiger partial charge in [-0.2, -0.15) is 0 Å². The molecule has 1 saturated carbocycles. The summed E-state index contributed by atoms with van der Waals surface area (Å²) in [6.45, 7) is 6.01. The number of nitrogens with zero attached hydrogens (tertiary/aromatic N) is 3. The van der Waals surface area contributed by atoms with E-state index in [0.717, 1.165) is 61.6 Å². The van der Waals surface area contributed by atoms with Crippen LogP contribution in [-0.4, -0.2) is 54.3 Å². The third kappa shape index (κ3) is 3.28. The molecule has 5 rings (SSSR count). The Kier molecular flexibility index (Phi) is 4.98. The van der Waals surface area contributed by atoms with E-state index in [0.29, 0.717) is 6.10 Å². The van der Waals surface area contributed by atoms with E-state index in [-0.39, 0.29) is 5.41 Å². The lowest BCUT2D eigenvalue weighted by Gasteiger charge is -2.56. The molecule has 0 amide bonds. The van der Waals surface area contributed by atoms with Crippen LogP contribution in [0.5, 0.6) is 5.75 Å². The minimum Gasteiger partial charge on any atom is -0.490 e. The average molecular weight is 408 g/mol. The zero-order valence-corrected chi connectivity index (χ0v) is 18.2. The van der Waals surface area contributed by atoms with Crippen LogP contribution in [-0.2, 0) is 5.60 Å². The van der Waals surface area contributed by atoms with Crippen LogP contribution in [0.3, 0.4) is 0 Å². The van der Waals surface area contributed by atoms with Gasteiger partial charge in [0.15, 0.2) is 0 Å². The quantitative estimate of drug-likeness (QED) is 0.789. The van der Waals surface area contributed by atoms with E-state index in [1.54, 1.807) is 0 Å². The minimum atomic E-state index is -1.10. The molecule has 3 fully saturated rings. The van der Waals surface area contributed by atoms with E-state index in [4.69, 9.17) is 4.74 Å². The summed E-state index contributed by atoms with van der Waals surface area (Å²) in [6.07, 6.45) is 10.1. The maximum absolute atomic E-state index is 12.3. The Hall–Kier alpha value is -2.11. The van der Waals surface area contributed by atoms with Crippen molar-refractivity contribution in [2.24, 2.45) is 5.41 Å². The van der Waals surface area contributed by atoms with Gasteiger partial charge in [-0.15, -0.1) is 0 Å². The maximum Gasteiger partial charge on any atom is 0.124 e. The van der Waals surface area contributed by atoms with Gasteiger partial charge in [-0.05, 0) is 62.9 Å². The molecule has 0 spiro atoms. The van der Waals surface area contributed by atoms with Crippen molar-refractivity contribution in [3.8, 4) is 5.75 Å². The van der Waals surface area contributed by atoms with Gasteiger partial charge in [0, 0.05) is 43.4 Å². The fourth-order valence-corrected chi connectivity index (χ4v) is 5.47. The Morgan fingerprint density at radius 1 is 1.03 bits per heavy atom. The fourth-order valence-electron chi connectivity index (χ4n) is 5.47. The van der Waals surface area contributed by atoms with Crippen molar-refractivity contribution >= 4 is 5.69 Å². The van der Waals surface area contributed by atoms with Gasteiger partial charge < -0.3 is 19.6 Å². The number of ether oxygens (including phenoxy) is 1. The summed E-state index contributed by atoms with van der Waals surface area (Å²) in [4.78, 5) is 9.18. The monoisotopic (exact) mass is 407 g/mol. The van der Waals surface area contributed by atoms with Crippen molar-refractivity contribution in [2.75, 3.05) is 38.1 Å². The number of likely N-dealkylation sites (tertiary alicyclic amines) is 1. The number of aromatic nitrogens is 1. The van der Waals surface area contributed by atoms with Crippen molar-refractivity contribution < 1.29 is 9.84 Å². The molecule has 1 aromatic heterocycles. The highest BCUT2D eigenvalue weighted by Gasteiger charge is 2.55. The first-order valence-corrected chi connectivity index (χ1v) is 11.4. The van der Waals surface area contributed by atoms with Crippen LogP contribution >= 0.6 is 0 Å². The molecule has 3 aliphatic rings. The summed E-state index contributed by atoms with van der Waals surface area (Å²) < 4.78 is 6.04. The molecule has 1 unspecified atom stereocenters. The number of rotatable bonds is 6. The lowest BCUT2D eigenvalue weighted by molar-refractivity contribution is -0.127. The second-order valence-corrected chi connectivity index (χ2v) is 9.76. The molecule has 1 atom stereocenters. The maximum atomic E-state index is 12.3. The van der Waals surface area contributed by atoms with Crippen LogP contribution < -0.4 is 9.64 Å². The van der Waals surface area contributed by atoms with Crippen molar-refractivity contribution in [2.45, 2.75) is 50.7 Å². The Morgan fingerprint density at radius 2 is 1.73 bits per heavy atom. The summed E-state index contributed by atoms with van der Waals surface area (Å²) in [5.74, 6) is 0.894. The topological polar surface area (TPSA) is 48.8 Å². The third-order valence-electron chi connectivity index (χ3n) is 7.35. The number of pyridine rings is 1. The first-order valence-electron chi connectivity index (χ1n) is 11.4. The van der Waals surface area contributed by atoms with Crippen LogP contribution in [0.4, 0.5) is 5.69 Å². The van der Waals surface area contributed by atoms with Crippen molar-refractivity contribution in [1.82, 2.24) is 9.88 Å². The molecule has 5 heteroatoms. The molecule has 2 saturated heterocycles. The van der Waals surface area contributed by atoms with Gasteiger partial charge in [0.25, 0.3) is 0 Å². The molecule has 1 N–H and O–H groups in total. The summed E-state index contributed by atoms with van der Waals surface area (Å²) in [5, 5.41) is 12.3. The van der Waals surface area contributed by atoms with Crippen LogP contribution in [0, 0.1) is 5.41 Å². The van der Waals surface area contributed by atoms with Gasteiger partial charge in [0.2, 0.25) is 0 Å². The molecule has 2 aliphatic heterocycles. The molecule has 3 heterocycles. The zero-order chi connectivity index (χ0) is 20.8. The number of anilines is 1. The normalized spacial score (nSPS) is 23.5. The lowest BCUT2D eigenvalue weighted by atomic mass is 9.62. The molecule has 2 aromatic rings. The van der Waals surface area contributed by atoms with E-state index < -0.39 is 5.60 Å². The highest BCUT2D eigenvalue weighted by molar-refractivity contribution is 5.51. The molecular formula is C25H33N3O2. The fraction of sp³-hybridized carbons (Fsp3) is 0.560. The average Bonchev–Trinajstić information content (AvgIpc) is 3.24. The summed E-state index contributed by atoms with van der Waals surface area (Å²) in [6, 6.07) is 10.3. The summed E-state index contributed by atoms with van der Waals surface area (Å²) >= 11 is 0. The Labute approximate surface area is 179 Å². The molecule has 1 aromatic carbocycles. The van der Waals surface area contributed by atoms with Gasteiger partial charge in [-0.3, -0.25) is 4.98 Å². The molecule has 0 radical (unpaired) electrons. The molecule has 1 aliphatic carbocycles. The first-order chi connectivity index (χ1) is 14.5. The largest absolute Gasteiger partial charge is 0.490 e. The number of benzene rings is 1. The second-order valence-electron chi connectivity index (χ2n) is 9.76. The first kappa shape index (κ1) is 19.8. The van der Waals surface area contributed by atoms with Crippen molar-refractivity contribution in [3.63, 3.8) is 0 Å². The minimum absolute atomic E-state index is 0.274. The third-order valence-corrected chi connectivity index (χ3v) is 7.35. The number of hydrogen-bond acceptors (Lipinski definition) is 5. The van der Waals surface area contributed by atoms with Gasteiger partial charge in [-0.1, -0.05) is 19.1 Å². The van der Waals surface area contributed by atoms with Gasteiger partial charge in [0.1, 0.15) is 11.4 Å². The number of hydrogen-bond donors (Lipinski definition) is 1. The summed E-state index contributed by atoms with van der Waals surface area (Å²) in [7, 11) is 2.11. The van der Waals surface area contributed by atoms with Gasteiger partial charge in [-0.25, -0.2) is 0 Å². The molecule has 30 heavy (non-hydrogen) atoms. The number of aliphatic hydroxyl groups is 1. The second kappa shape index (κ2) is 7.54. The van der Waals surface area contributed by atoms with Gasteiger partial charge in [0.05, 0.1) is 18.0 Å². The molecule has 160 valence electrons. The van der Waals surface area contributed by atoms with E-state index >= 15 is 0 Å². The highest BCUT2D eigenvalue weighted by Crippen LogP contribution is 2.50. The van der Waals surface area contributed by atoms with E-state index in [1.807, 2.05) is 36.7 Å². The van der Waals surface area contributed by atoms with Crippen molar-refractivity contribution in [3.05, 3.63) is 53.9 Å². The van der Waals surface area contributed by atoms with E-state index in [9.17, 15) is 5.11 Å². The highest BCUT2D eigenvalue weighted by atomic mass is 16.5. The molecule has 5 nitrogen and oxygen atoms in total. The van der Waals surface area contributed by atoms with Crippen LogP contribution in [0.2, 0.25) is 0 Å². The Balaban J connectivity index is 1.51. The van der Waals surface area contributed by atoms with E-state index in [1.165, 1.54) is 19.3 Å². The SMILES string of the molecule is CN1CC(C)(C(O)(c2ccc(OC3CCC3)cc2)c2cncc(N3CCCC3)c2)C1. The lowest BCUT2D eigenvalue weighted by Crippen LogP contribution is -2.63.